The highest BCUT2D eigenvalue weighted by Gasteiger charge is 2.26. The van der Waals surface area contributed by atoms with Crippen molar-refractivity contribution >= 4 is 28.5 Å². The molecule has 146 valence electrons. The van der Waals surface area contributed by atoms with Gasteiger partial charge in [0.25, 0.3) is 11.5 Å². The van der Waals surface area contributed by atoms with Gasteiger partial charge in [-0.2, -0.15) is 4.37 Å². The molecule has 1 aliphatic heterocycles. The van der Waals surface area contributed by atoms with Crippen LogP contribution in [0.5, 0.6) is 0 Å². The van der Waals surface area contributed by atoms with Crippen LogP contribution >= 0.6 is 11.5 Å². The number of aromatic amines is 1. The minimum absolute atomic E-state index is 0.00476. The molecule has 9 heteroatoms. The number of rotatable bonds is 3. The Hall–Kier alpha value is -2.81. The monoisotopic (exact) mass is 402 g/mol. The van der Waals surface area contributed by atoms with Gasteiger partial charge < -0.3 is 9.88 Å². The molecule has 0 atom stereocenters. The van der Waals surface area contributed by atoms with E-state index in [9.17, 15) is 18.8 Å². The lowest BCUT2D eigenvalue weighted by Gasteiger charge is -2.29. The molecule has 0 radical (unpaired) electrons. The highest BCUT2D eigenvalue weighted by molar-refractivity contribution is 7.09. The molecule has 28 heavy (non-hydrogen) atoms. The standard InChI is InChI=1S/C19H19FN4O3S/c1-11-6-8-23(9-7-11)18(26)16-14-15(22-28-16)17(25)24(19(27)21-14)10-12-2-4-13(20)5-3-12/h2-5,11H,6-10H2,1H3,(H,21,27). The largest absolute Gasteiger partial charge is 0.338 e. The molecule has 3 heterocycles. The first kappa shape index (κ1) is 18.5. The van der Waals surface area contributed by atoms with Crippen molar-refractivity contribution in [2.24, 2.45) is 5.92 Å². The van der Waals surface area contributed by atoms with Gasteiger partial charge in [0.05, 0.1) is 12.1 Å². The van der Waals surface area contributed by atoms with E-state index in [-0.39, 0.29) is 28.4 Å². The van der Waals surface area contributed by atoms with Crippen LogP contribution in [0.1, 0.15) is 35.0 Å². The fraction of sp³-hybridized carbons (Fsp3) is 0.368. The predicted octanol–water partition coefficient (Wildman–Crippen LogP) is 2.21. The Balaban J connectivity index is 1.69. The van der Waals surface area contributed by atoms with Crippen molar-refractivity contribution in [3.63, 3.8) is 0 Å². The van der Waals surface area contributed by atoms with E-state index in [2.05, 4.69) is 16.3 Å². The average Bonchev–Trinajstić information content (AvgIpc) is 3.10. The van der Waals surface area contributed by atoms with Gasteiger partial charge in [0.2, 0.25) is 0 Å². The summed E-state index contributed by atoms with van der Waals surface area (Å²) in [7, 11) is 0. The molecular formula is C19H19FN4O3S. The SMILES string of the molecule is CC1CCN(C(=O)c2snc3c(=O)n(Cc4ccc(F)cc4)c(=O)[nH]c23)CC1. The summed E-state index contributed by atoms with van der Waals surface area (Å²) in [6, 6.07) is 5.57. The Bertz CT molecular complexity index is 1140. The molecule has 0 spiro atoms. The normalized spacial score (nSPS) is 15.3. The fourth-order valence-electron chi connectivity index (χ4n) is 3.36. The zero-order chi connectivity index (χ0) is 19.8. The fourth-order valence-corrected chi connectivity index (χ4v) is 4.16. The second-order valence-corrected chi connectivity index (χ2v) is 7.93. The Morgan fingerprint density at radius 2 is 1.93 bits per heavy atom. The lowest BCUT2D eigenvalue weighted by atomic mass is 9.99. The number of benzene rings is 1. The van der Waals surface area contributed by atoms with Gasteiger partial charge in [-0.15, -0.1) is 0 Å². The molecule has 4 rings (SSSR count). The van der Waals surface area contributed by atoms with Gasteiger partial charge in [-0.05, 0) is 48.0 Å². The number of likely N-dealkylation sites (tertiary alicyclic amines) is 1. The van der Waals surface area contributed by atoms with E-state index in [1.807, 2.05) is 0 Å². The number of halogens is 1. The number of H-pyrrole nitrogens is 1. The quantitative estimate of drug-likeness (QED) is 0.728. The van der Waals surface area contributed by atoms with Crippen LogP contribution in [-0.2, 0) is 6.54 Å². The molecule has 0 unspecified atom stereocenters. The van der Waals surface area contributed by atoms with Crippen LogP contribution in [-0.4, -0.2) is 37.8 Å². The maximum atomic E-state index is 13.1. The number of piperidine rings is 1. The van der Waals surface area contributed by atoms with E-state index in [4.69, 9.17) is 0 Å². The molecule has 0 aliphatic carbocycles. The molecule has 1 saturated heterocycles. The topological polar surface area (TPSA) is 88.1 Å². The molecule has 1 amide bonds. The van der Waals surface area contributed by atoms with Gasteiger partial charge in [-0.3, -0.25) is 14.2 Å². The summed E-state index contributed by atoms with van der Waals surface area (Å²) in [5, 5.41) is 0. The summed E-state index contributed by atoms with van der Waals surface area (Å²) < 4.78 is 18.2. The predicted molar refractivity (Wildman–Crippen MR) is 104 cm³/mol. The average molecular weight is 402 g/mol. The van der Waals surface area contributed by atoms with Crippen LogP contribution < -0.4 is 11.2 Å². The third-order valence-electron chi connectivity index (χ3n) is 5.14. The van der Waals surface area contributed by atoms with Crippen molar-refractivity contribution in [3.05, 3.63) is 61.4 Å². The van der Waals surface area contributed by atoms with Crippen molar-refractivity contribution in [2.45, 2.75) is 26.3 Å². The van der Waals surface area contributed by atoms with Crippen molar-refractivity contribution in [2.75, 3.05) is 13.1 Å². The molecule has 3 aromatic rings. The molecule has 1 aliphatic rings. The maximum Gasteiger partial charge on any atom is 0.329 e. The van der Waals surface area contributed by atoms with Crippen LogP contribution in [0.4, 0.5) is 4.39 Å². The zero-order valence-corrected chi connectivity index (χ0v) is 16.1. The summed E-state index contributed by atoms with van der Waals surface area (Å²) in [5.74, 6) is -0.0123. The Morgan fingerprint density at radius 1 is 1.25 bits per heavy atom. The number of aromatic nitrogens is 3. The van der Waals surface area contributed by atoms with Crippen molar-refractivity contribution in [1.82, 2.24) is 18.8 Å². The van der Waals surface area contributed by atoms with Gasteiger partial charge >= 0.3 is 5.69 Å². The number of hydrogen-bond donors (Lipinski definition) is 1. The van der Waals surface area contributed by atoms with Crippen LogP contribution in [0, 0.1) is 11.7 Å². The molecule has 7 nitrogen and oxygen atoms in total. The lowest BCUT2D eigenvalue weighted by molar-refractivity contribution is 0.0703. The molecule has 0 saturated carbocycles. The molecule has 1 fully saturated rings. The van der Waals surface area contributed by atoms with Crippen molar-refractivity contribution < 1.29 is 9.18 Å². The minimum atomic E-state index is -0.622. The van der Waals surface area contributed by atoms with Gasteiger partial charge in [0.1, 0.15) is 10.7 Å². The number of hydrogen-bond acceptors (Lipinski definition) is 5. The molecule has 2 aromatic heterocycles. The van der Waals surface area contributed by atoms with Crippen LogP contribution in [0.2, 0.25) is 0 Å². The summed E-state index contributed by atoms with van der Waals surface area (Å²) in [6.07, 6.45) is 1.87. The van der Waals surface area contributed by atoms with E-state index >= 15 is 0 Å². The van der Waals surface area contributed by atoms with Crippen molar-refractivity contribution in [1.29, 1.82) is 0 Å². The first-order chi connectivity index (χ1) is 13.4. The third kappa shape index (κ3) is 3.37. The van der Waals surface area contributed by atoms with Crippen molar-refractivity contribution in [3.8, 4) is 0 Å². The minimum Gasteiger partial charge on any atom is -0.338 e. The lowest BCUT2D eigenvalue weighted by Crippen LogP contribution is -2.38. The van der Waals surface area contributed by atoms with Crippen LogP contribution in [0.3, 0.4) is 0 Å². The summed E-state index contributed by atoms with van der Waals surface area (Å²) in [5.41, 5.74) is -0.310. The number of fused-ring (bicyclic) bond motifs is 1. The first-order valence-corrected chi connectivity index (χ1v) is 9.87. The molecule has 0 bridgehead atoms. The molecular weight excluding hydrogens is 383 g/mol. The Labute approximate surface area is 163 Å². The van der Waals surface area contributed by atoms with Gasteiger partial charge in [0.15, 0.2) is 5.52 Å². The van der Waals surface area contributed by atoms with E-state index < -0.39 is 17.1 Å². The Morgan fingerprint density at radius 3 is 2.61 bits per heavy atom. The van der Waals surface area contributed by atoms with Gasteiger partial charge in [0, 0.05) is 13.1 Å². The maximum absolute atomic E-state index is 13.1. The highest BCUT2D eigenvalue weighted by Crippen LogP contribution is 2.23. The number of nitrogens with zero attached hydrogens (tertiary/aromatic N) is 3. The van der Waals surface area contributed by atoms with Crippen LogP contribution in [0.15, 0.2) is 33.9 Å². The number of carbonyl (C=O) groups is 1. The van der Waals surface area contributed by atoms with E-state index in [0.29, 0.717) is 24.6 Å². The molecule has 1 N–H and O–H groups in total. The Kier molecular flexibility index (Phi) is 4.84. The van der Waals surface area contributed by atoms with Crippen LogP contribution in [0.25, 0.3) is 11.0 Å². The second kappa shape index (κ2) is 7.31. The van der Waals surface area contributed by atoms with Gasteiger partial charge in [-0.25, -0.2) is 9.18 Å². The number of amides is 1. The van der Waals surface area contributed by atoms with E-state index in [0.717, 1.165) is 28.9 Å². The third-order valence-corrected chi connectivity index (χ3v) is 5.97. The number of carbonyl (C=O) groups excluding carboxylic acids is 1. The van der Waals surface area contributed by atoms with E-state index in [1.165, 1.54) is 24.3 Å². The summed E-state index contributed by atoms with van der Waals surface area (Å²) in [4.78, 5) is 42.8. The highest BCUT2D eigenvalue weighted by atomic mass is 32.1. The second-order valence-electron chi connectivity index (χ2n) is 7.16. The smallest absolute Gasteiger partial charge is 0.329 e. The summed E-state index contributed by atoms with van der Waals surface area (Å²) in [6.45, 7) is 3.47. The van der Waals surface area contributed by atoms with Gasteiger partial charge in [-0.1, -0.05) is 19.1 Å². The van der Waals surface area contributed by atoms with E-state index in [1.54, 1.807) is 4.90 Å². The first-order valence-electron chi connectivity index (χ1n) is 9.10. The number of nitrogens with one attached hydrogen (secondary N) is 1. The zero-order valence-electron chi connectivity index (χ0n) is 15.3. The summed E-state index contributed by atoms with van der Waals surface area (Å²) >= 11 is 0.931. The molecule has 1 aromatic carbocycles.